The molecule has 1 aliphatic carbocycles. The van der Waals surface area contributed by atoms with Crippen LogP contribution in [0, 0.1) is 0 Å². The molecular weight excluding hydrogens is 300 g/mol. The fourth-order valence-corrected chi connectivity index (χ4v) is 3.26. The van der Waals surface area contributed by atoms with Gasteiger partial charge in [-0.2, -0.15) is 0 Å². The van der Waals surface area contributed by atoms with E-state index in [9.17, 15) is 5.11 Å². The van der Waals surface area contributed by atoms with Gasteiger partial charge in [0.1, 0.15) is 0 Å². The van der Waals surface area contributed by atoms with Crippen LogP contribution in [-0.2, 0) is 19.5 Å². The summed E-state index contributed by atoms with van der Waals surface area (Å²) in [4.78, 5) is 0. The number of benzene rings is 2. The number of fused-ring (bicyclic) bond motifs is 1. The highest BCUT2D eigenvalue weighted by Gasteiger charge is 2.30. The van der Waals surface area contributed by atoms with E-state index >= 15 is 0 Å². The largest absolute Gasteiger partial charge is 0.387 e. The molecule has 1 aromatic heterocycles. The molecule has 0 bridgehead atoms. The second kappa shape index (κ2) is 6.55. The lowest BCUT2D eigenvalue weighted by atomic mass is 10.1. The van der Waals surface area contributed by atoms with Crippen molar-refractivity contribution < 1.29 is 5.11 Å². The highest BCUT2D eigenvalue weighted by atomic mass is 16.3. The van der Waals surface area contributed by atoms with E-state index < -0.39 is 6.10 Å². The minimum Gasteiger partial charge on any atom is -0.387 e. The highest BCUT2D eigenvalue weighted by Crippen LogP contribution is 2.31. The summed E-state index contributed by atoms with van der Waals surface area (Å²) in [6.07, 6.45) is 2.34. The van der Waals surface area contributed by atoms with Crippen molar-refractivity contribution >= 4 is 0 Å². The maximum Gasteiger partial charge on any atom is 0.0965 e. The molecular formula is C19H20N4O. The van der Waals surface area contributed by atoms with Crippen molar-refractivity contribution in [3.63, 3.8) is 0 Å². The van der Waals surface area contributed by atoms with Crippen LogP contribution in [0.1, 0.15) is 28.5 Å². The van der Waals surface area contributed by atoms with Crippen molar-refractivity contribution in [3.05, 3.63) is 83.2 Å². The van der Waals surface area contributed by atoms with Crippen LogP contribution in [0.3, 0.4) is 0 Å². The minimum absolute atomic E-state index is 0.0293. The van der Waals surface area contributed by atoms with Gasteiger partial charge in [0.2, 0.25) is 0 Å². The molecule has 5 nitrogen and oxygen atoms in total. The molecule has 4 rings (SSSR count). The van der Waals surface area contributed by atoms with Gasteiger partial charge in [0.25, 0.3) is 0 Å². The van der Waals surface area contributed by atoms with Gasteiger partial charge in [0.05, 0.1) is 24.5 Å². The molecule has 0 saturated carbocycles. The van der Waals surface area contributed by atoms with E-state index in [-0.39, 0.29) is 6.04 Å². The molecule has 2 atom stereocenters. The Morgan fingerprint density at radius 2 is 1.88 bits per heavy atom. The molecule has 3 aromatic rings. The first-order valence-corrected chi connectivity index (χ1v) is 8.22. The number of hydrogen-bond donors (Lipinski definition) is 2. The third-order valence-corrected chi connectivity index (χ3v) is 4.51. The summed E-state index contributed by atoms with van der Waals surface area (Å²) >= 11 is 0. The van der Waals surface area contributed by atoms with Gasteiger partial charge in [-0.15, -0.1) is 5.10 Å². The van der Waals surface area contributed by atoms with Crippen molar-refractivity contribution in [2.45, 2.75) is 31.7 Å². The smallest absolute Gasteiger partial charge is 0.0965 e. The zero-order chi connectivity index (χ0) is 16.4. The van der Waals surface area contributed by atoms with Crippen LogP contribution >= 0.6 is 0 Å². The van der Waals surface area contributed by atoms with Gasteiger partial charge in [-0.25, -0.2) is 4.68 Å². The van der Waals surface area contributed by atoms with E-state index in [0.29, 0.717) is 13.1 Å². The Hall–Kier alpha value is -2.50. The number of aliphatic hydroxyl groups is 1. The van der Waals surface area contributed by atoms with Crippen LogP contribution in [0.25, 0.3) is 0 Å². The van der Waals surface area contributed by atoms with Crippen molar-refractivity contribution in [3.8, 4) is 0 Å². The molecule has 0 aliphatic heterocycles. The summed E-state index contributed by atoms with van der Waals surface area (Å²) in [5, 5.41) is 22.2. The summed E-state index contributed by atoms with van der Waals surface area (Å²) in [5.74, 6) is 0. The van der Waals surface area contributed by atoms with Gasteiger partial charge < -0.3 is 10.4 Å². The zero-order valence-corrected chi connectivity index (χ0v) is 13.3. The molecule has 0 unspecified atom stereocenters. The summed E-state index contributed by atoms with van der Waals surface area (Å²) in [6.45, 7) is 1.32. The summed E-state index contributed by atoms with van der Waals surface area (Å²) in [5.41, 5.74) is 4.33. The Kier molecular flexibility index (Phi) is 4.11. The van der Waals surface area contributed by atoms with Gasteiger partial charge in [-0.05, 0) is 23.1 Å². The first-order valence-electron chi connectivity index (χ1n) is 8.22. The van der Waals surface area contributed by atoms with E-state index in [0.717, 1.165) is 17.7 Å². The fraction of sp³-hybridized carbons (Fsp3) is 0.263. The lowest BCUT2D eigenvalue weighted by Crippen LogP contribution is -2.32. The Morgan fingerprint density at radius 1 is 1.08 bits per heavy atom. The number of hydrogen-bond acceptors (Lipinski definition) is 4. The number of nitrogens with zero attached hydrogens (tertiary/aromatic N) is 3. The summed E-state index contributed by atoms with van der Waals surface area (Å²) in [6, 6.07) is 18.3. The average Bonchev–Trinajstić information content (AvgIpc) is 3.19. The van der Waals surface area contributed by atoms with E-state index in [1.807, 2.05) is 47.3 Å². The third kappa shape index (κ3) is 3.09. The van der Waals surface area contributed by atoms with Crippen LogP contribution in [0.2, 0.25) is 0 Å². The van der Waals surface area contributed by atoms with Crippen LogP contribution in [0.4, 0.5) is 0 Å². The first-order chi connectivity index (χ1) is 11.8. The van der Waals surface area contributed by atoms with Gasteiger partial charge in [0.15, 0.2) is 0 Å². The zero-order valence-electron chi connectivity index (χ0n) is 13.3. The summed E-state index contributed by atoms with van der Waals surface area (Å²) < 4.78 is 1.84. The Balaban J connectivity index is 1.36. The van der Waals surface area contributed by atoms with Crippen molar-refractivity contribution in [2.75, 3.05) is 0 Å². The second-order valence-corrected chi connectivity index (χ2v) is 6.23. The minimum atomic E-state index is -0.458. The number of aromatic nitrogens is 3. The second-order valence-electron chi connectivity index (χ2n) is 6.23. The first kappa shape index (κ1) is 15.1. The Labute approximate surface area is 141 Å². The topological polar surface area (TPSA) is 63.0 Å². The van der Waals surface area contributed by atoms with Crippen LogP contribution < -0.4 is 5.32 Å². The van der Waals surface area contributed by atoms with Crippen LogP contribution in [0.15, 0.2) is 60.8 Å². The standard InChI is InChI=1S/C19H20N4O/c24-19-17-9-5-4-8-15(17)10-18(19)20-11-16-13-23(22-21-16)12-14-6-2-1-3-7-14/h1-9,13,18-20,24H,10-12H2/t18-,19-/m0/s1. The predicted molar refractivity (Wildman–Crippen MR) is 91.3 cm³/mol. The average molecular weight is 320 g/mol. The van der Waals surface area contributed by atoms with Crippen LogP contribution in [0.5, 0.6) is 0 Å². The molecule has 2 N–H and O–H groups in total. The molecule has 0 radical (unpaired) electrons. The Morgan fingerprint density at radius 3 is 2.71 bits per heavy atom. The maximum absolute atomic E-state index is 10.4. The Bertz CT molecular complexity index is 815. The van der Waals surface area contributed by atoms with Crippen molar-refractivity contribution in [2.24, 2.45) is 0 Å². The maximum atomic E-state index is 10.4. The molecule has 0 saturated heterocycles. The van der Waals surface area contributed by atoms with E-state index in [1.54, 1.807) is 0 Å². The quantitative estimate of drug-likeness (QED) is 0.755. The van der Waals surface area contributed by atoms with E-state index in [4.69, 9.17) is 0 Å². The fourth-order valence-electron chi connectivity index (χ4n) is 3.26. The molecule has 0 fully saturated rings. The monoisotopic (exact) mass is 320 g/mol. The van der Waals surface area contributed by atoms with Crippen molar-refractivity contribution in [1.29, 1.82) is 0 Å². The van der Waals surface area contributed by atoms with E-state index in [2.05, 4.69) is 33.8 Å². The number of nitrogens with one attached hydrogen (secondary N) is 1. The molecule has 1 heterocycles. The highest BCUT2D eigenvalue weighted by molar-refractivity contribution is 5.35. The van der Waals surface area contributed by atoms with Gasteiger partial charge in [-0.3, -0.25) is 0 Å². The third-order valence-electron chi connectivity index (χ3n) is 4.51. The SMILES string of the molecule is O[C@H]1c2ccccc2C[C@@H]1NCc1cn(Cc2ccccc2)nn1. The molecule has 24 heavy (non-hydrogen) atoms. The molecule has 122 valence electrons. The lowest BCUT2D eigenvalue weighted by molar-refractivity contribution is 0.141. The van der Waals surface area contributed by atoms with Crippen LogP contribution in [-0.4, -0.2) is 26.1 Å². The molecule has 5 heteroatoms. The summed E-state index contributed by atoms with van der Waals surface area (Å²) in [7, 11) is 0. The predicted octanol–water partition coefficient (Wildman–Crippen LogP) is 2.07. The molecule has 0 spiro atoms. The van der Waals surface area contributed by atoms with Crippen molar-refractivity contribution in [1.82, 2.24) is 20.3 Å². The number of aliphatic hydroxyl groups excluding tert-OH is 1. The van der Waals surface area contributed by atoms with Gasteiger partial charge in [0, 0.05) is 12.6 Å². The van der Waals surface area contributed by atoms with Gasteiger partial charge in [-0.1, -0.05) is 59.8 Å². The van der Waals surface area contributed by atoms with E-state index in [1.165, 1.54) is 11.1 Å². The lowest BCUT2D eigenvalue weighted by Gasteiger charge is -2.15. The number of rotatable bonds is 5. The molecule has 0 amide bonds. The molecule has 2 aromatic carbocycles. The molecule has 1 aliphatic rings. The van der Waals surface area contributed by atoms with Gasteiger partial charge >= 0.3 is 0 Å². The normalized spacial score (nSPS) is 19.4.